The first kappa shape index (κ1) is 35.9. The van der Waals surface area contributed by atoms with Gasteiger partial charge in [-0.3, -0.25) is 19.3 Å². The first-order valence-electron chi connectivity index (χ1n) is 16.7. The van der Waals surface area contributed by atoms with Gasteiger partial charge in [0.05, 0.1) is 42.4 Å². The molecule has 1 atom stereocenters. The molecule has 16 heteroatoms. The Morgan fingerprint density at radius 1 is 1.02 bits per heavy atom. The molecule has 1 aromatic heterocycles. The van der Waals surface area contributed by atoms with Crippen molar-refractivity contribution >= 4 is 40.5 Å². The number of piperidine rings is 1. The summed E-state index contributed by atoms with van der Waals surface area (Å²) in [5.41, 5.74) is 0.253. The van der Waals surface area contributed by atoms with Gasteiger partial charge in [0.15, 0.2) is 5.82 Å². The molecule has 1 unspecified atom stereocenters. The molecule has 0 bridgehead atoms. The lowest BCUT2D eigenvalue weighted by molar-refractivity contribution is -0.140. The number of carbonyl (C=O) groups excluding carboxylic acids is 2. The standard InChI is InChI=1S/C35H40F4N8O4/c1-4-33(49)43-26-18-27(30(50-3)19-29(26)46-11-8-23(9-12-46)45-15-13-44(14-16-45)22(2)48)42-31-20-32(41-21-40-31)47-28(10-17-51-47)24-6-5-7-25(34(24)36)35(37,38)39/h4-7,18-21,23,28H,1,8-17H2,2-3H3,(H,43,49)(H,40,41,42). The molecule has 3 aromatic rings. The van der Waals surface area contributed by atoms with E-state index >= 15 is 4.39 Å². The molecule has 2 aromatic carbocycles. The summed E-state index contributed by atoms with van der Waals surface area (Å²) >= 11 is 0. The van der Waals surface area contributed by atoms with Crippen molar-refractivity contribution in [3.63, 3.8) is 0 Å². The van der Waals surface area contributed by atoms with E-state index in [1.54, 1.807) is 13.0 Å². The first-order valence-corrected chi connectivity index (χ1v) is 16.7. The van der Waals surface area contributed by atoms with E-state index < -0.39 is 29.5 Å². The maximum atomic E-state index is 15.1. The molecule has 6 rings (SSSR count). The van der Waals surface area contributed by atoms with Crippen molar-refractivity contribution in [2.45, 2.75) is 44.4 Å². The molecule has 51 heavy (non-hydrogen) atoms. The lowest BCUT2D eigenvalue weighted by Gasteiger charge is -2.43. The molecule has 0 radical (unpaired) electrons. The number of halogens is 4. The highest BCUT2D eigenvalue weighted by Gasteiger charge is 2.38. The van der Waals surface area contributed by atoms with Gasteiger partial charge in [0.25, 0.3) is 0 Å². The van der Waals surface area contributed by atoms with Gasteiger partial charge in [-0.05, 0) is 31.1 Å². The average molecular weight is 713 g/mol. The monoisotopic (exact) mass is 712 g/mol. The predicted octanol–water partition coefficient (Wildman–Crippen LogP) is 5.53. The topological polar surface area (TPSA) is 115 Å². The summed E-state index contributed by atoms with van der Waals surface area (Å²) in [6.45, 7) is 9.96. The maximum Gasteiger partial charge on any atom is 0.419 e. The predicted molar refractivity (Wildman–Crippen MR) is 183 cm³/mol. The maximum absolute atomic E-state index is 15.1. The Kier molecular flexibility index (Phi) is 10.6. The number of hydrogen-bond donors (Lipinski definition) is 2. The van der Waals surface area contributed by atoms with E-state index in [1.807, 2.05) is 11.0 Å². The average Bonchev–Trinajstić information content (AvgIpc) is 3.61. The van der Waals surface area contributed by atoms with Crippen LogP contribution in [-0.4, -0.2) is 90.6 Å². The van der Waals surface area contributed by atoms with E-state index in [-0.39, 0.29) is 36.1 Å². The largest absolute Gasteiger partial charge is 0.494 e. The molecule has 3 aliphatic heterocycles. The normalized spacial score (nSPS) is 18.9. The summed E-state index contributed by atoms with van der Waals surface area (Å²) in [6, 6.07) is 7.81. The fraction of sp³-hybridized carbons (Fsp3) is 0.429. The number of nitrogens with zero attached hydrogens (tertiary/aromatic N) is 6. The molecular weight excluding hydrogens is 672 g/mol. The van der Waals surface area contributed by atoms with Crippen molar-refractivity contribution in [1.29, 1.82) is 0 Å². The van der Waals surface area contributed by atoms with Crippen LogP contribution in [0.25, 0.3) is 0 Å². The van der Waals surface area contributed by atoms with Gasteiger partial charge in [-0.15, -0.1) is 0 Å². The number of carbonyl (C=O) groups is 2. The molecule has 272 valence electrons. The third-order valence-corrected chi connectivity index (χ3v) is 9.58. The summed E-state index contributed by atoms with van der Waals surface area (Å²) in [6.07, 6.45) is -0.357. The van der Waals surface area contributed by atoms with Crippen LogP contribution in [0.15, 0.2) is 55.4 Å². The van der Waals surface area contributed by atoms with E-state index in [0.717, 1.165) is 57.8 Å². The number of hydrogen-bond acceptors (Lipinski definition) is 10. The number of benzene rings is 2. The van der Waals surface area contributed by atoms with Crippen LogP contribution in [0.4, 0.5) is 46.3 Å². The van der Waals surface area contributed by atoms with E-state index in [1.165, 1.54) is 42.8 Å². The molecule has 3 aliphatic rings. The highest BCUT2D eigenvalue weighted by molar-refractivity contribution is 6.02. The molecule has 0 aliphatic carbocycles. The number of methoxy groups -OCH3 is 1. The van der Waals surface area contributed by atoms with Gasteiger partial charge in [-0.25, -0.2) is 19.4 Å². The minimum Gasteiger partial charge on any atom is -0.494 e. The molecule has 12 nitrogen and oxygen atoms in total. The number of ether oxygens (including phenoxy) is 1. The third-order valence-electron chi connectivity index (χ3n) is 9.58. The van der Waals surface area contributed by atoms with E-state index in [2.05, 4.69) is 37.0 Å². The van der Waals surface area contributed by atoms with Crippen LogP contribution in [0.3, 0.4) is 0 Å². The number of hydroxylamine groups is 1. The highest BCUT2D eigenvalue weighted by Crippen LogP contribution is 2.42. The summed E-state index contributed by atoms with van der Waals surface area (Å²) in [5, 5.41) is 7.39. The van der Waals surface area contributed by atoms with Crippen molar-refractivity contribution in [1.82, 2.24) is 19.8 Å². The van der Waals surface area contributed by atoms with Crippen LogP contribution in [0.2, 0.25) is 0 Å². The number of nitrogens with one attached hydrogen (secondary N) is 2. The Morgan fingerprint density at radius 2 is 1.76 bits per heavy atom. The van der Waals surface area contributed by atoms with Crippen molar-refractivity contribution in [3.05, 3.63) is 72.3 Å². The Balaban J connectivity index is 1.22. The molecule has 0 saturated carbocycles. The van der Waals surface area contributed by atoms with Crippen LogP contribution in [0.5, 0.6) is 5.75 Å². The molecule has 3 saturated heterocycles. The van der Waals surface area contributed by atoms with Gasteiger partial charge in [-0.1, -0.05) is 18.7 Å². The van der Waals surface area contributed by atoms with Gasteiger partial charge >= 0.3 is 6.18 Å². The zero-order valence-corrected chi connectivity index (χ0v) is 28.4. The summed E-state index contributed by atoms with van der Waals surface area (Å²) in [7, 11) is 1.52. The fourth-order valence-corrected chi connectivity index (χ4v) is 6.93. The fourth-order valence-electron chi connectivity index (χ4n) is 6.93. The van der Waals surface area contributed by atoms with Crippen molar-refractivity contribution in [2.75, 3.05) is 73.6 Å². The van der Waals surface area contributed by atoms with E-state index in [0.29, 0.717) is 29.2 Å². The zero-order valence-electron chi connectivity index (χ0n) is 28.4. The summed E-state index contributed by atoms with van der Waals surface area (Å²) in [4.78, 5) is 45.1. The van der Waals surface area contributed by atoms with Crippen LogP contribution < -0.4 is 25.3 Å². The first-order chi connectivity index (χ1) is 24.5. The van der Waals surface area contributed by atoms with Crippen LogP contribution >= 0.6 is 0 Å². The minimum absolute atomic E-state index is 0.102. The van der Waals surface area contributed by atoms with E-state index in [9.17, 15) is 22.8 Å². The van der Waals surface area contributed by atoms with Crippen LogP contribution in [0.1, 0.15) is 43.4 Å². The zero-order chi connectivity index (χ0) is 36.3. The van der Waals surface area contributed by atoms with Gasteiger partial charge in [0, 0.05) is 76.4 Å². The van der Waals surface area contributed by atoms with Gasteiger partial charge in [-0.2, -0.15) is 13.2 Å². The second kappa shape index (κ2) is 15.1. The number of anilines is 5. The second-order valence-corrected chi connectivity index (χ2v) is 12.6. The summed E-state index contributed by atoms with van der Waals surface area (Å²) in [5.74, 6) is -0.691. The second-order valence-electron chi connectivity index (χ2n) is 12.6. The van der Waals surface area contributed by atoms with Crippen molar-refractivity contribution in [3.8, 4) is 5.75 Å². The molecule has 2 amide bonds. The smallest absolute Gasteiger partial charge is 0.419 e. The quantitative estimate of drug-likeness (QED) is 0.217. The number of alkyl halides is 3. The Labute approximate surface area is 293 Å². The molecule has 3 fully saturated rings. The van der Waals surface area contributed by atoms with Gasteiger partial charge < -0.3 is 25.2 Å². The van der Waals surface area contributed by atoms with Crippen molar-refractivity contribution in [2.24, 2.45) is 0 Å². The lowest BCUT2D eigenvalue weighted by atomic mass is 10.0. The highest BCUT2D eigenvalue weighted by atomic mass is 19.4. The Bertz CT molecular complexity index is 1760. The molecule has 0 spiro atoms. The number of aromatic nitrogens is 2. The summed E-state index contributed by atoms with van der Waals surface area (Å²) < 4.78 is 61.2. The van der Waals surface area contributed by atoms with E-state index in [4.69, 9.17) is 9.57 Å². The lowest BCUT2D eigenvalue weighted by Crippen LogP contribution is -2.54. The van der Waals surface area contributed by atoms with Gasteiger partial charge in [0.2, 0.25) is 11.8 Å². The van der Waals surface area contributed by atoms with Crippen molar-refractivity contribution < 1.29 is 36.7 Å². The molecule has 2 N–H and O–H groups in total. The molecule has 4 heterocycles. The number of amides is 2. The molecular formula is C35H40F4N8O4. The third kappa shape index (κ3) is 7.86. The van der Waals surface area contributed by atoms with Crippen LogP contribution in [0, 0.1) is 5.82 Å². The number of piperazine rings is 1. The van der Waals surface area contributed by atoms with Crippen LogP contribution in [-0.2, 0) is 20.6 Å². The minimum atomic E-state index is -4.85. The SMILES string of the molecule is C=CC(=O)Nc1cc(Nc2cc(N3OCCC3c3cccc(C(F)(F)F)c3F)ncn2)c(OC)cc1N1CCC(N2CCN(C(C)=O)CC2)CC1. The Morgan fingerprint density at radius 3 is 2.43 bits per heavy atom. The Hall–Kier alpha value is -4.96. The number of rotatable bonds is 9. The van der Waals surface area contributed by atoms with Gasteiger partial charge in [0.1, 0.15) is 23.7 Å².